The molecule has 0 aliphatic heterocycles. The number of carbonyl (C=O) groups excluding carboxylic acids is 1. The third kappa shape index (κ3) is 1.58. The van der Waals surface area contributed by atoms with Crippen molar-refractivity contribution < 1.29 is 9.90 Å². The number of Topliss-reactive ketones (excluding diaryl/α,β-unsaturated/α-hetero) is 1. The maximum absolute atomic E-state index is 11.8. The van der Waals surface area contributed by atoms with Gasteiger partial charge in [-0.1, -0.05) is 13.8 Å². The monoisotopic (exact) mass is 194 g/mol. The SMILES string of the molecule is CC1(C)CCCC(C(=O)C2CC2)=C1O. The van der Waals surface area contributed by atoms with Crippen LogP contribution in [0.25, 0.3) is 0 Å². The molecule has 1 N–H and O–H groups in total. The van der Waals surface area contributed by atoms with Gasteiger partial charge >= 0.3 is 0 Å². The number of hydrogen-bond donors (Lipinski definition) is 1. The van der Waals surface area contributed by atoms with Crippen molar-refractivity contribution in [2.45, 2.75) is 46.0 Å². The van der Waals surface area contributed by atoms with Crippen molar-refractivity contribution in [3.8, 4) is 0 Å². The first kappa shape index (κ1) is 9.75. The lowest BCUT2D eigenvalue weighted by atomic mass is 9.76. The first-order chi connectivity index (χ1) is 6.52. The summed E-state index contributed by atoms with van der Waals surface area (Å²) in [5.41, 5.74) is 0.543. The normalized spacial score (nSPS) is 26.4. The Bertz CT molecular complexity index is 295. The van der Waals surface area contributed by atoms with Crippen LogP contribution in [-0.4, -0.2) is 10.9 Å². The summed E-state index contributed by atoms with van der Waals surface area (Å²) in [6.07, 6.45) is 4.85. The highest BCUT2D eigenvalue weighted by Gasteiger charge is 2.38. The second-order valence-corrected chi connectivity index (χ2v) is 5.20. The molecule has 0 bridgehead atoms. The zero-order chi connectivity index (χ0) is 10.3. The summed E-state index contributed by atoms with van der Waals surface area (Å²) in [5, 5.41) is 10.0. The zero-order valence-electron chi connectivity index (χ0n) is 8.97. The fraction of sp³-hybridized carbons (Fsp3) is 0.750. The molecule has 2 rings (SSSR count). The summed E-state index contributed by atoms with van der Waals surface area (Å²) in [5.74, 6) is 0.817. The molecule has 0 spiro atoms. The number of aliphatic hydroxyl groups is 1. The van der Waals surface area contributed by atoms with Crippen molar-refractivity contribution in [3.63, 3.8) is 0 Å². The van der Waals surface area contributed by atoms with Crippen molar-refractivity contribution >= 4 is 5.78 Å². The molecule has 2 aliphatic carbocycles. The van der Waals surface area contributed by atoms with E-state index in [1.54, 1.807) is 0 Å². The molecule has 0 aromatic heterocycles. The second-order valence-electron chi connectivity index (χ2n) is 5.20. The quantitative estimate of drug-likeness (QED) is 0.733. The topological polar surface area (TPSA) is 37.3 Å². The van der Waals surface area contributed by atoms with E-state index in [9.17, 15) is 9.90 Å². The molecule has 78 valence electrons. The summed E-state index contributed by atoms with van der Waals surface area (Å²) < 4.78 is 0. The number of rotatable bonds is 2. The van der Waals surface area contributed by atoms with E-state index in [2.05, 4.69) is 0 Å². The summed E-state index contributed by atoms with van der Waals surface area (Å²) in [6, 6.07) is 0. The molecular weight excluding hydrogens is 176 g/mol. The van der Waals surface area contributed by atoms with Gasteiger partial charge in [-0.3, -0.25) is 4.79 Å². The Morgan fingerprint density at radius 3 is 2.64 bits per heavy atom. The van der Waals surface area contributed by atoms with E-state index in [-0.39, 0.29) is 17.1 Å². The Morgan fingerprint density at radius 2 is 2.07 bits per heavy atom. The molecule has 0 aromatic carbocycles. The second kappa shape index (κ2) is 3.11. The van der Waals surface area contributed by atoms with Crippen molar-refractivity contribution in [2.24, 2.45) is 11.3 Å². The molecule has 0 heterocycles. The molecule has 1 saturated carbocycles. The molecule has 2 aliphatic rings. The lowest BCUT2D eigenvalue weighted by molar-refractivity contribution is -0.117. The van der Waals surface area contributed by atoms with Gasteiger partial charge in [-0.15, -0.1) is 0 Å². The zero-order valence-corrected chi connectivity index (χ0v) is 8.97. The van der Waals surface area contributed by atoms with Gasteiger partial charge in [0.2, 0.25) is 0 Å². The van der Waals surface area contributed by atoms with Crippen LogP contribution in [0.3, 0.4) is 0 Å². The standard InChI is InChI=1S/C12H18O2/c1-12(2)7-3-4-9(11(12)14)10(13)8-5-6-8/h8,14H,3-7H2,1-2H3. The van der Waals surface area contributed by atoms with Gasteiger partial charge in [-0.2, -0.15) is 0 Å². The van der Waals surface area contributed by atoms with Crippen molar-refractivity contribution in [1.29, 1.82) is 0 Å². The molecule has 0 amide bonds. The number of ketones is 1. The number of carbonyl (C=O) groups is 1. The number of allylic oxidation sites excluding steroid dienone is 2. The van der Waals surface area contributed by atoms with Crippen molar-refractivity contribution in [2.75, 3.05) is 0 Å². The van der Waals surface area contributed by atoms with Gasteiger partial charge < -0.3 is 5.11 Å². The largest absolute Gasteiger partial charge is 0.511 e. The molecule has 2 heteroatoms. The molecular formula is C12H18O2. The van der Waals surface area contributed by atoms with Crippen LogP contribution in [0.15, 0.2) is 11.3 Å². The van der Waals surface area contributed by atoms with E-state index in [0.29, 0.717) is 5.76 Å². The van der Waals surface area contributed by atoms with Crippen LogP contribution >= 0.6 is 0 Å². The first-order valence-electron chi connectivity index (χ1n) is 5.49. The van der Waals surface area contributed by atoms with Gasteiger partial charge in [-0.25, -0.2) is 0 Å². The molecule has 2 nitrogen and oxygen atoms in total. The number of hydrogen-bond acceptors (Lipinski definition) is 2. The van der Waals surface area contributed by atoms with Crippen LogP contribution in [0.2, 0.25) is 0 Å². The number of aliphatic hydroxyl groups excluding tert-OH is 1. The van der Waals surface area contributed by atoms with Crippen LogP contribution in [0.5, 0.6) is 0 Å². The highest BCUT2D eigenvalue weighted by molar-refractivity contribution is 5.99. The van der Waals surface area contributed by atoms with Crippen LogP contribution in [0, 0.1) is 11.3 Å². The average Bonchev–Trinajstić information content (AvgIpc) is 2.91. The third-order valence-electron chi connectivity index (χ3n) is 3.40. The maximum Gasteiger partial charge on any atom is 0.165 e. The van der Waals surface area contributed by atoms with Gasteiger partial charge in [0.15, 0.2) is 5.78 Å². The third-order valence-corrected chi connectivity index (χ3v) is 3.40. The maximum atomic E-state index is 11.8. The molecule has 0 saturated heterocycles. The van der Waals surface area contributed by atoms with E-state index in [4.69, 9.17) is 0 Å². The van der Waals surface area contributed by atoms with Gasteiger partial charge in [0.05, 0.1) is 0 Å². The van der Waals surface area contributed by atoms with Crippen LogP contribution in [-0.2, 0) is 4.79 Å². The fourth-order valence-electron chi connectivity index (χ4n) is 2.18. The minimum absolute atomic E-state index is 0.182. The Hall–Kier alpha value is -0.790. The molecule has 0 aromatic rings. The summed E-state index contributed by atoms with van der Waals surface area (Å²) in [4.78, 5) is 11.8. The highest BCUT2D eigenvalue weighted by atomic mass is 16.3. The molecule has 0 atom stereocenters. The van der Waals surface area contributed by atoms with Crippen molar-refractivity contribution in [3.05, 3.63) is 11.3 Å². The van der Waals surface area contributed by atoms with E-state index in [0.717, 1.165) is 37.7 Å². The lowest BCUT2D eigenvalue weighted by Crippen LogP contribution is -2.24. The Kier molecular flexibility index (Phi) is 2.17. The predicted molar refractivity (Wildman–Crippen MR) is 55.0 cm³/mol. The van der Waals surface area contributed by atoms with Crippen LogP contribution in [0.1, 0.15) is 46.0 Å². The smallest absolute Gasteiger partial charge is 0.165 e. The molecule has 0 radical (unpaired) electrons. The first-order valence-corrected chi connectivity index (χ1v) is 5.49. The van der Waals surface area contributed by atoms with Gasteiger partial charge in [-0.05, 0) is 32.1 Å². The highest BCUT2D eigenvalue weighted by Crippen LogP contribution is 2.42. The fourth-order valence-corrected chi connectivity index (χ4v) is 2.18. The minimum atomic E-state index is -0.182. The summed E-state index contributed by atoms with van der Waals surface area (Å²) >= 11 is 0. The predicted octanol–water partition coefficient (Wildman–Crippen LogP) is 2.99. The Morgan fingerprint density at radius 1 is 1.43 bits per heavy atom. The van der Waals surface area contributed by atoms with Crippen LogP contribution < -0.4 is 0 Å². The van der Waals surface area contributed by atoms with Gasteiger partial charge in [0.25, 0.3) is 0 Å². The Labute approximate surface area is 85.0 Å². The average molecular weight is 194 g/mol. The molecule has 1 fully saturated rings. The molecule has 14 heavy (non-hydrogen) atoms. The lowest BCUT2D eigenvalue weighted by Gasteiger charge is -2.30. The minimum Gasteiger partial charge on any atom is -0.511 e. The van der Waals surface area contributed by atoms with Crippen molar-refractivity contribution in [1.82, 2.24) is 0 Å². The van der Waals surface area contributed by atoms with E-state index in [1.807, 2.05) is 13.8 Å². The van der Waals surface area contributed by atoms with E-state index >= 15 is 0 Å². The molecule has 0 unspecified atom stereocenters. The summed E-state index contributed by atoms with van der Waals surface area (Å²) in [7, 11) is 0. The summed E-state index contributed by atoms with van der Waals surface area (Å²) in [6.45, 7) is 4.03. The van der Waals surface area contributed by atoms with E-state index in [1.165, 1.54) is 0 Å². The van der Waals surface area contributed by atoms with Gasteiger partial charge in [0.1, 0.15) is 5.76 Å². The van der Waals surface area contributed by atoms with Gasteiger partial charge in [0, 0.05) is 16.9 Å². The van der Waals surface area contributed by atoms with E-state index < -0.39 is 0 Å². The van der Waals surface area contributed by atoms with Crippen LogP contribution in [0.4, 0.5) is 0 Å². The Balaban J connectivity index is 2.27.